The van der Waals surface area contributed by atoms with Crippen molar-refractivity contribution in [3.8, 4) is 0 Å². The van der Waals surface area contributed by atoms with E-state index in [2.05, 4.69) is 66.5 Å². The first-order chi connectivity index (χ1) is 11.2. The minimum atomic E-state index is 1.00. The number of anilines is 3. The highest BCUT2D eigenvalue weighted by Crippen LogP contribution is 2.33. The molecule has 1 saturated heterocycles. The number of rotatable bonds is 4. The first kappa shape index (κ1) is 16.2. The molecule has 23 heavy (non-hydrogen) atoms. The van der Waals surface area contributed by atoms with Crippen molar-refractivity contribution in [2.75, 3.05) is 35.5 Å². The Morgan fingerprint density at radius 1 is 1.09 bits per heavy atom. The van der Waals surface area contributed by atoms with E-state index < -0.39 is 0 Å². The molecule has 1 aliphatic heterocycles. The van der Waals surface area contributed by atoms with Crippen LogP contribution in [-0.4, -0.2) is 26.2 Å². The number of nitrogens with zero attached hydrogens (tertiary/aromatic N) is 2. The fraction of sp³-hybridized carbons (Fsp3) is 0.368. The zero-order chi connectivity index (χ0) is 16.2. The summed E-state index contributed by atoms with van der Waals surface area (Å²) >= 11 is 6.61. The lowest BCUT2D eigenvalue weighted by Crippen LogP contribution is -2.43. The number of aryl methyl sites for hydroxylation is 1. The molecule has 0 atom stereocenters. The SMILES string of the molecule is CCc1cccc(N(Cl)c2ccc(N3CCNCC3)cc2)c1C. The third-order valence-electron chi connectivity index (χ3n) is 4.57. The number of nitrogens with one attached hydrogen (secondary N) is 1. The average Bonchev–Trinajstić information content (AvgIpc) is 2.62. The Morgan fingerprint density at radius 3 is 2.43 bits per heavy atom. The molecule has 1 heterocycles. The maximum absolute atomic E-state index is 6.61. The van der Waals surface area contributed by atoms with Gasteiger partial charge in [0.25, 0.3) is 0 Å². The van der Waals surface area contributed by atoms with Crippen LogP contribution in [0.25, 0.3) is 0 Å². The summed E-state index contributed by atoms with van der Waals surface area (Å²) in [6.07, 6.45) is 1.02. The molecule has 122 valence electrons. The summed E-state index contributed by atoms with van der Waals surface area (Å²) in [5.74, 6) is 0. The highest BCUT2D eigenvalue weighted by Gasteiger charge is 2.13. The van der Waals surface area contributed by atoms with Crippen LogP contribution in [0.4, 0.5) is 17.1 Å². The minimum absolute atomic E-state index is 1.00. The van der Waals surface area contributed by atoms with Gasteiger partial charge in [-0.1, -0.05) is 19.1 Å². The number of halogens is 1. The van der Waals surface area contributed by atoms with Gasteiger partial charge in [-0.25, -0.2) is 0 Å². The lowest BCUT2D eigenvalue weighted by atomic mass is 10.0. The molecular weight excluding hydrogens is 306 g/mol. The molecule has 0 unspecified atom stereocenters. The van der Waals surface area contributed by atoms with Gasteiger partial charge in [-0.15, -0.1) is 0 Å². The molecule has 0 aliphatic carbocycles. The monoisotopic (exact) mass is 329 g/mol. The molecule has 0 aromatic heterocycles. The van der Waals surface area contributed by atoms with E-state index in [1.54, 1.807) is 4.42 Å². The smallest absolute Gasteiger partial charge is 0.0613 e. The van der Waals surface area contributed by atoms with Crippen molar-refractivity contribution in [3.05, 3.63) is 53.6 Å². The van der Waals surface area contributed by atoms with Gasteiger partial charge in [0.1, 0.15) is 0 Å². The van der Waals surface area contributed by atoms with Gasteiger partial charge in [-0.05, 0) is 54.8 Å². The Hall–Kier alpha value is -1.71. The van der Waals surface area contributed by atoms with Crippen molar-refractivity contribution >= 4 is 28.8 Å². The quantitative estimate of drug-likeness (QED) is 0.846. The summed E-state index contributed by atoms with van der Waals surface area (Å²) in [5, 5.41) is 3.38. The van der Waals surface area contributed by atoms with Gasteiger partial charge in [0, 0.05) is 43.6 Å². The Bertz CT molecular complexity index is 648. The minimum Gasteiger partial charge on any atom is -0.369 e. The van der Waals surface area contributed by atoms with Crippen LogP contribution < -0.4 is 14.6 Å². The summed E-state index contributed by atoms with van der Waals surface area (Å²) in [6, 6.07) is 14.8. The van der Waals surface area contributed by atoms with Gasteiger partial charge in [0.05, 0.1) is 11.4 Å². The molecule has 3 nitrogen and oxygen atoms in total. The number of hydrogen-bond donors (Lipinski definition) is 1. The van der Waals surface area contributed by atoms with E-state index in [4.69, 9.17) is 11.8 Å². The van der Waals surface area contributed by atoms with Gasteiger partial charge in [0.2, 0.25) is 0 Å². The van der Waals surface area contributed by atoms with Crippen LogP contribution in [0.3, 0.4) is 0 Å². The summed E-state index contributed by atoms with van der Waals surface area (Å²) in [6.45, 7) is 8.52. The molecule has 2 aromatic rings. The Labute approximate surface area is 144 Å². The second-order valence-electron chi connectivity index (χ2n) is 5.95. The highest BCUT2D eigenvalue weighted by molar-refractivity contribution is 6.29. The van der Waals surface area contributed by atoms with Crippen LogP contribution in [0.5, 0.6) is 0 Å². The van der Waals surface area contributed by atoms with Crippen molar-refractivity contribution < 1.29 is 0 Å². The summed E-state index contributed by atoms with van der Waals surface area (Å²) in [5.41, 5.74) is 5.91. The Kier molecular flexibility index (Phi) is 5.09. The van der Waals surface area contributed by atoms with E-state index in [9.17, 15) is 0 Å². The van der Waals surface area contributed by atoms with Crippen LogP contribution in [0, 0.1) is 6.92 Å². The van der Waals surface area contributed by atoms with Crippen LogP contribution in [0.2, 0.25) is 0 Å². The van der Waals surface area contributed by atoms with Crippen molar-refractivity contribution in [2.45, 2.75) is 20.3 Å². The standard InChI is InChI=1S/C19H24ClN3/c1-3-16-5-4-6-19(15(16)2)23(20)18-9-7-17(8-10-18)22-13-11-21-12-14-22/h4-10,21H,3,11-14H2,1-2H3. The highest BCUT2D eigenvalue weighted by atomic mass is 35.5. The molecule has 0 radical (unpaired) electrons. The first-order valence-corrected chi connectivity index (χ1v) is 8.64. The van der Waals surface area contributed by atoms with Gasteiger partial charge in [0.15, 0.2) is 0 Å². The Morgan fingerprint density at radius 2 is 1.78 bits per heavy atom. The van der Waals surface area contributed by atoms with Crippen LogP contribution in [0.1, 0.15) is 18.1 Å². The number of piperazine rings is 1. The molecule has 0 spiro atoms. The van der Waals surface area contributed by atoms with E-state index in [1.165, 1.54) is 16.8 Å². The predicted octanol–water partition coefficient (Wildman–Crippen LogP) is 4.26. The maximum Gasteiger partial charge on any atom is 0.0613 e. The molecule has 1 aliphatic rings. The van der Waals surface area contributed by atoms with Crippen LogP contribution in [0.15, 0.2) is 42.5 Å². The summed E-state index contributed by atoms with van der Waals surface area (Å²) in [4.78, 5) is 2.40. The molecule has 0 saturated carbocycles. The molecule has 2 aromatic carbocycles. The molecular formula is C19H24ClN3. The zero-order valence-electron chi connectivity index (χ0n) is 13.8. The lowest BCUT2D eigenvalue weighted by molar-refractivity contribution is 0.589. The van der Waals surface area contributed by atoms with Crippen molar-refractivity contribution in [1.82, 2.24) is 5.32 Å². The molecule has 3 rings (SSSR count). The maximum atomic E-state index is 6.61. The van der Waals surface area contributed by atoms with E-state index in [-0.39, 0.29) is 0 Å². The fourth-order valence-corrected chi connectivity index (χ4v) is 3.42. The predicted molar refractivity (Wildman–Crippen MR) is 100 cm³/mol. The Balaban J connectivity index is 1.81. The summed E-state index contributed by atoms with van der Waals surface area (Å²) in [7, 11) is 0. The van der Waals surface area contributed by atoms with E-state index in [0.29, 0.717) is 0 Å². The topological polar surface area (TPSA) is 18.5 Å². The fourth-order valence-electron chi connectivity index (χ4n) is 3.12. The normalized spacial score (nSPS) is 14.8. The van der Waals surface area contributed by atoms with E-state index in [0.717, 1.165) is 44.0 Å². The van der Waals surface area contributed by atoms with E-state index >= 15 is 0 Å². The van der Waals surface area contributed by atoms with Gasteiger partial charge in [-0.2, -0.15) is 0 Å². The van der Waals surface area contributed by atoms with Gasteiger partial charge in [-0.3, -0.25) is 4.42 Å². The van der Waals surface area contributed by atoms with Crippen LogP contribution >= 0.6 is 11.8 Å². The first-order valence-electron chi connectivity index (χ1n) is 8.31. The third-order valence-corrected chi connectivity index (χ3v) is 4.95. The zero-order valence-corrected chi connectivity index (χ0v) is 14.6. The largest absolute Gasteiger partial charge is 0.369 e. The average molecular weight is 330 g/mol. The molecule has 0 bridgehead atoms. The van der Waals surface area contributed by atoms with Gasteiger partial charge >= 0.3 is 0 Å². The molecule has 0 amide bonds. The molecule has 1 fully saturated rings. The van der Waals surface area contributed by atoms with E-state index in [1.807, 2.05) is 0 Å². The third kappa shape index (κ3) is 3.46. The second kappa shape index (κ2) is 7.24. The second-order valence-corrected chi connectivity index (χ2v) is 6.29. The van der Waals surface area contributed by atoms with Crippen molar-refractivity contribution in [3.63, 3.8) is 0 Å². The van der Waals surface area contributed by atoms with Crippen molar-refractivity contribution in [1.29, 1.82) is 0 Å². The van der Waals surface area contributed by atoms with Crippen LogP contribution in [-0.2, 0) is 6.42 Å². The number of hydrogen-bond acceptors (Lipinski definition) is 3. The molecule has 4 heteroatoms. The summed E-state index contributed by atoms with van der Waals surface area (Å²) < 4.78 is 1.76. The lowest BCUT2D eigenvalue weighted by Gasteiger charge is -2.29. The van der Waals surface area contributed by atoms with Gasteiger partial charge < -0.3 is 10.2 Å². The van der Waals surface area contributed by atoms with Crippen molar-refractivity contribution in [2.24, 2.45) is 0 Å². The molecule has 1 N–H and O–H groups in total. The number of benzene rings is 2.